The van der Waals surface area contributed by atoms with Crippen molar-refractivity contribution in [1.29, 1.82) is 0 Å². The summed E-state index contributed by atoms with van der Waals surface area (Å²) in [6.45, 7) is 1.08. The van der Waals surface area contributed by atoms with Gasteiger partial charge >= 0.3 is 0 Å². The topological polar surface area (TPSA) is 48.0 Å². The van der Waals surface area contributed by atoms with Gasteiger partial charge in [-0.15, -0.1) is 0 Å². The molecule has 0 fully saturated rings. The number of methoxy groups -OCH3 is 1. The fraction of sp³-hybridized carbons (Fsp3) is 0.278. The predicted molar refractivity (Wildman–Crippen MR) is 87.5 cm³/mol. The molecule has 23 heavy (non-hydrogen) atoms. The van der Waals surface area contributed by atoms with Gasteiger partial charge in [0, 0.05) is 18.8 Å². The van der Waals surface area contributed by atoms with Gasteiger partial charge in [0.15, 0.2) is 11.5 Å². The summed E-state index contributed by atoms with van der Waals surface area (Å²) in [7, 11) is 3.38. The summed E-state index contributed by atoms with van der Waals surface area (Å²) in [6, 6.07) is 13.0. The van der Waals surface area contributed by atoms with Crippen molar-refractivity contribution in [2.24, 2.45) is 0 Å². The van der Waals surface area contributed by atoms with Gasteiger partial charge in [-0.1, -0.05) is 12.1 Å². The minimum absolute atomic E-state index is 0.00634. The van der Waals surface area contributed by atoms with Gasteiger partial charge in [-0.3, -0.25) is 4.79 Å². The van der Waals surface area contributed by atoms with Crippen molar-refractivity contribution in [2.45, 2.75) is 6.42 Å². The second-order valence-corrected chi connectivity index (χ2v) is 5.31. The van der Waals surface area contributed by atoms with Crippen LogP contribution in [0.25, 0.3) is 0 Å². The van der Waals surface area contributed by atoms with Crippen molar-refractivity contribution in [1.82, 2.24) is 0 Å². The van der Waals surface area contributed by atoms with Gasteiger partial charge < -0.3 is 19.1 Å². The summed E-state index contributed by atoms with van der Waals surface area (Å²) in [5, 5.41) is 0. The van der Waals surface area contributed by atoms with E-state index in [1.54, 1.807) is 19.1 Å². The smallest absolute Gasteiger partial charge is 0.231 e. The molecule has 2 aromatic rings. The number of likely N-dealkylation sites (N-methyl/N-ethyl adjacent to an activating group) is 1. The van der Waals surface area contributed by atoms with E-state index in [-0.39, 0.29) is 5.91 Å². The summed E-state index contributed by atoms with van der Waals surface area (Å²) in [4.78, 5) is 14.1. The number of amides is 1. The summed E-state index contributed by atoms with van der Waals surface area (Å²) in [6.07, 6.45) is 0.328. The maximum Gasteiger partial charge on any atom is 0.231 e. The molecule has 5 heteroatoms. The van der Waals surface area contributed by atoms with Crippen molar-refractivity contribution < 1.29 is 19.0 Å². The number of nitrogens with zero attached hydrogens (tertiary/aromatic N) is 1. The zero-order valence-electron chi connectivity index (χ0n) is 13.2. The molecule has 0 saturated heterocycles. The van der Waals surface area contributed by atoms with Crippen LogP contribution in [-0.4, -0.2) is 33.3 Å². The SMILES string of the molecule is COc1ccc(CC(=O)N(C)c2ccc3c(c2)OCCO3)cc1. The Morgan fingerprint density at radius 1 is 1.09 bits per heavy atom. The van der Waals surface area contributed by atoms with Gasteiger partial charge in [0.1, 0.15) is 19.0 Å². The number of fused-ring (bicyclic) bond motifs is 1. The molecular weight excluding hydrogens is 294 g/mol. The van der Waals surface area contributed by atoms with E-state index in [1.165, 1.54) is 0 Å². The van der Waals surface area contributed by atoms with Gasteiger partial charge in [-0.05, 0) is 29.8 Å². The van der Waals surface area contributed by atoms with Gasteiger partial charge in [0.05, 0.1) is 13.5 Å². The molecule has 0 radical (unpaired) electrons. The number of hydrogen-bond acceptors (Lipinski definition) is 4. The zero-order valence-corrected chi connectivity index (χ0v) is 13.2. The first kappa shape index (κ1) is 15.2. The lowest BCUT2D eigenvalue weighted by Gasteiger charge is -2.22. The van der Waals surface area contributed by atoms with E-state index in [0.29, 0.717) is 25.4 Å². The predicted octanol–water partition coefficient (Wildman–Crippen LogP) is 2.67. The molecule has 0 saturated carbocycles. The quantitative estimate of drug-likeness (QED) is 0.871. The summed E-state index contributed by atoms with van der Waals surface area (Å²) >= 11 is 0. The minimum Gasteiger partial charge on any atom is -0.497 e. The van der Waals surface area contributed by atoms with Gasteiger partial charge in [0.2, 0.25) is 5.91 Å². The lowest BCUT2D eigenvalue weighted by molar-refractivity contribution is -0.117. The van der Waals surface area contributed by atoms with Crippen LogP contribution in [0.5, 0.6) is 17.2 Å². The van der Waals surface area contributed by atoms with E-state index in [0.717, 1.165) is 22.7 Å². The maximum absolute atomic E-state index is 12.5. The van der Waals surface area contributed by atoms with Crippen molar-refractivity contribution in [3.05, 3.63) is 48.0 Å². The number of rotatable bonds is 4. The lowest BCUT2D eigenvalue weighted by atomic mass is 10.1. The Labute approximate surface area is 135 Å². The normalized spacial score (nSPS) is 12.6. The molecule has 0 spiro atoms. The molecule has 1 aliphatic heterocycles. The Morgan fingerprint density at radius 3 is 2.48 bits per heavy atom. The highest BCUT2D eigenvalue weighted by atomic mass is 16.6. The molecule has 120 valence electrons. The Balaban J connectivity index is 1.71. The first-order valence-electron chi connectivity index (χ1n) is 7.46. The molecule has 0 atom stereocenters. The second-order valence-electron chi connectivity index (χ2n) is 5.31. The average molecular weight is 313 g/mol. The molecule has 0 N–H and O–H groups in total. The van der Waals surface area contributed by atoms with Crippen LogP contribution in [0.2, 0.25) is 0 Å². The van der Waals surface area contributed by atoms with Crippen molar-refractivity contribution >= 4 is 11.6 Å². The molecule has 0 aliphatic carbocycles. The number of carbonyl (C=O) groups is 1. The van der Waals surface area contributed by atoms with Gasteiger partial charge in [-0.2, -0.15) is 0 Å². The van der Waals surface area contributed by atoms with Crippen molar-refractivity contribution in [2.75, 3.05) is 32.3 Å². The van der Waals surface area contributed by atoms with Crippen LogP contribution in [0, 0.1) is 0 Å². The molecule has 0 aromatic heterocycles. The third-order valence-corrected chi connectivity index (χ3v) is 3.80. The van der Waals surface area contributed by atoms with Crippen LogP contribution in [0.15, 0.2) is 42.5 Å². The molecule has 1 amide bonds. The highest BCUT2D eigenvalue weighted by Crippen LogP contribution is 2.33. The van der Waals surface area contributed by atoms with E-state index in [2.05, 4.69) is 0 Å². The Hall–Kier alpha value is -2.69. The molecular formula is C18H19NO4. The fourth-order valence-electron chi connectivity index (χ4n) is 2.42. The second kappa shape index (κ2) is 6.60. The monoisotopic (exact) mass is 313 g/mol. The standard InChI is InChI=1S/C18H19NO4/c1-19(14-5-8-16-17(12-14)23-10-9-22-16)18(20)11-13-3-6-15(21-2)7-4-13/h3-8,12H,9-11H2,1-2H3. The third-order valence-electron chi connectivity index (χ3n) is 3.80. The molecule has 2 aromatic carbocycles. The number of anilines is 1. The molecule has 1 heterocycles. The number of carbonyl (C=O) groups excluding carboxylic acids is 1. The largest absolute Gasteiger partial charge is 0.497 e. The molecule has 3 rings (SSSR count). The zero-order chi connectivity index (χ0) is 16.2. The Morgan fingerprint density at radius 2 is 1.78 bits per heavy atom. The number of ether oxygens (including phenoxy) is 3. The van der Waals surface area contributed by atoms with Crippen LogP contribution >= 0.6 is 0 Å². The lowest BCUT2D eigenvalue weighted by Crippen LogP contribution is -2.28. The van der Waals surface area contributed by atoms with Gasteiger partial charge in [-0.25, -0.2) is 0 Å². The highest BCUT2D eigenvalue weighted by molar-refractivity contribution is 5.94. The van der Waals surface area contributed by atoms with E-state index in [9.17, 15) is 4.79 Å². The van der Waals surface area contributed by atoms with E-state index >= 15 is 0 Å². The summed E-state index contributed by atoms with van der Waals surface area (Å²) in [5.41, 5.74) is 1.73. The van der Waals surface area contributed by atoms with Crippen LogP contribution in [0.1, 0.15) is 5.56 Å². The Kier molecular flexibility index (Phi) is 4.37. The first-order valence-corrected chi connectivity index (χ1v) is 7.46. The molecule has 1 aliphatic rings. The Bertz CT molecular complexity index is 697. The van der Waals surface area contributed by atoms with Crippen LogP contribution < -0.4 is 19.1 Å². The van der Waals surface area contributed by atoms with E-state index in [4.69, 9.17) is 14.2 Å². The number of benzene rings is 2. The van der Waals surface area contributed by atoms with Crippen LogP contribution in [0.3, 0.4) is 0 Å². The summed E-state index contributed by atoms with van der Waals surface area (Å²) < 4.78 is 16.2. The fourth-order valence-corrected chi connectivity index (χ4v) is 2.42. The molecule has 0 bridgehead atoms. The first-order chi connectivity index (χ1) is 11.2. The van der Waals surface area contributed by atoms with Crippen molar-refractivity contribution in [3.63, 3.8) is 0 Å². The van der Waals surface area contributed by atoms with Gasteiger partial charge in [0.25, 0.3) is 0 Å². The number of hydrogen-bond donors (Lipinski definition) is 0. The third kappa shape index (κ3) is 3.39. The van der Waals surface area contributed by atoms with Crippen LogP contribution in [-0.2, 0) is 11.2 Å². The van der Waals surface area contributed by atoms with Crippen LogP contribution in [0.4, 0.5) is 5.69 Å². The molecule has 5 nitrogen and oxygen atoms in total. The van der Waals surface area contributed by atoms with E-state index in [1.807, 2.05) is 42.5 Å². The van der Waals surface area contributed by atoms with E-state index < -0.39 is 0 Å². The summed E-state index contributed by atoms with van der Waals surface area (Å²) in [5.74, 6) is 2.18. The maximum atomic E-state index is 12.5. The highest BCUT2D eigenvalue weighted by Gasteiger charge is 2.16. The van der Waals surface area contributed by atoms with Crippen molar-refractivity contribution in [3.8, 4) is 17.2 Å². The minimum atomic E-state index is 0.00634. The average Bonchev–Trinajstić information content (AvgIpc) is 2.61. The molecule has 0 unspecified atom stereocenters.